The normalized spacial score (nSPS) is 13.5. The van der Waals surface area contributed by atoms with Crippen LogP contribution in [0, 0.1) is 24.9 Å². The van der Waals surface area contributed by atoms with Crippen LogP contribution in [0.4, 0.5) is 0 Å². The first-order valence-corrected chi connectivity index (χ1v) is 23.6. The second-order valence-electron chi connectivity index (χ2n) is 17.3. The van der Waals surface area contributed by atoms with Crippen molar-refractivity contribution in [2.24, 2.45) is 5.92 Å². The minimum Gasteiger partial charge on any atom is -0.486 e. The summed E-state index contributed by atoms with van der Waals surface area (Å²) in [5, 5.41) is 2.68. The van der Waals surface area contributed by atoms with Gasteiger partial charge in [0.15, 0.2) is 0 Å². The van der Waals surface area contributed by atoms with E-state index in [0.29, 0.717) is 17.0 Å². The van der Waals surface area contributed by atoms with Crippen LogP contribution in [0.3, 0.4) is 0 Å². The first kappa shape index (κ1) is 36.4. The van der Waals surface area contributed by atoms with Gasteiger partial charge in [0.1, 0.15) is 0 Å². The summed E-state index contributed by atoms with van der Waals surface area (Å²) in [4.78, 5) is 14.0. The summed E-state index contributed by atoms with van der Waals surface area (Å²) >= 11 is 0. The average molecular weight is 986 g/mol. The zero-order valence-corrected chi connectivity index (χ0v) is 38.7. The molecule has 0 amide bonds. The van der Waals surface area contributed by atoms with Gasteiger partial charge in [-0.15, -0.1) is 54.1 Å². The fourth-order valence-corrected chi connectivity index (χ4v) is 8.86. The van der Waals surface area contributed by atoms with Gasteiger partial charge in [-0.2, -0.15) is 0 Å². The molecule has 4 heterocycles. The van der Waals surface area contributed by atoms with Gasteiger partial charge in [0, 0.05) is 55.5 Å². The Labute approximate surface area is 376 Å². The number of imidazole rings is 1. The van der Waals surface area contributed by atoms with Crippen molar-refractivity contribution in [1.82, 2.24) is 19.5 Å². The van der Waals surface area contributed by atoms with Crippen LogP contribution >= 0.6 is 0 Å². The molecule has 305 valence electrons. The Bertz CT molecular complexity index is 3130. The number of rotatable bonds is 7. The van der Waals surface area contributed by atoms with E-state index in [1.165, 1.54) is 5.56 Å². The molecule has 60 heavy (non-hydrogen) atoms. The number of pyridine rings is 2. The molecule has 0 saturated heterocycles. The van der Waals surface area contributed by atoms with Crippen LogP contribution in [-0.2, 0) is 31.9 Å². The van der Waals surface area contributed by atoms with Gasteiger partial charge in [0.2, 0.25) is 5.71 Å². The minimum atomic E-state index is -2.33. The van der Waals surface area contributed by atoms with Crippen molar-refractivity contribution in [1.29, 1.82) is 0 Å². The average Bonchev–Trinajstić information content (AvgIpc) is 3.84. The van der Waals surface area contributed by atoms with Gasteiger partial charge in [-0.05, 0) is 83.0 Å². The molecule has 0 saturated carbocycles. The van der Waals surface area contributed by atoms with Gasteiger partial charge in [0.05, 0.1) is 30.5 Å². The molecular weight excluding hydrogens is 929 g/mol. The maximum Gasteiger partial charge on any atom is 0.216 e. The maximum atomic E-state index is 8.55. The molecule has 9 rings (SSSR count). The molecular formula is C53H52IrN4OSi-2. The monoisotopic (exact) mass is 986 g/mol. The van der Waals surface area contributed by atoms with E-state index in [1.54, 1.807) is 12.1 Å². The summed E-state index contributed by atoms with van der Waals surface area (Å²) < 4.78 is 49.0. The van der Waals surface area contributed by atoms with Crippen molar-refractivity contribution >= 4 is 46.4 Å². The molecule has 5 nitrogen and oxygen atoms in total. The van der Waals surface area contributed by atoms with E-state index in [0.717, 1.165) is 60.6 Å². The molecule has 0 fully saturated rings. The van der Waals surface area contributed by atoms with Crippen molar-refractivity contribution in [2.45, 2.75) is 72.9 Å². The SMILES string of the molecule is [2H]C([2H])([2H])c1ccc2c(n1)oc1c(-c3nc4ccccc4n3-c3ccc(C(C)(C)C)cc3-c3ccccc3)[c-]ccc12.[2H]C([2H])(c1cc(-c2[c-]cccc2)ncc1[Si](C)(C)C)C(C)C.[Ir]. The Morgan fingerprint density at radius 2 is 1.58 bits per heavy atom. The molecule has 0 spiro atoms. The van der Waals surface area contributed by atoms with Gasteiger partial charge >= 0.3 is 0 Å². The van der Waals surface area contributed by atoms with Gasteiger partial charge < -0.3 is 14.0 Å². The van der Waals surface area contributed by atoms with E-state index in [2.05, 4.69) is 116 Å². The van der Waals surface area contributed by atoms with Gasteiger partial charge in [0.25, 0.3) is 0 Å². The number of nitrogens with zero attached hydrogens (tertiary/aromatic N) is 4. The van der Waals surface area contributed by atoms with E-state index >= 15 is 0 Å². The van der Waals surface area contributed by atoms with E-state index < -0.39 is 21.3 Å². The van der Waals surface area contributed by atoms with Crippen molar-refractivity contribution in [3.63, 3.8) is 0 Å². The quantitative estimate of drug-likeness (QED) is 0.118. The maximum absolute atomic E-state index is 8.55. The van der Waals surface area contributed by atoms with Crippen LogP contribution in [0.25, 0.3) is 72.6 Å². The third-order valence-corrected chi connectivity index (χ3v) is 12.4. The molecule has 0 N–H and O–H groups in total. The van der Waals surface area contributed by atoms with E-state index in [-0.39, 0.29) is 42.8 Å². The van der Waals surface area contributed by atoms with Crippen molar-refractivity contribution < 1.29 is 31.4 Å². The number of aryl methyl sites for hydroxylation is 1. The summed E-state index contributed by atoms with van der Waals surface area (Å²) in [6, 6.07) is 48.4. The van der Waals surface area contributed by atoms with E-state index in [1.807, 2.05) is 86.8 Å². The minimum absolute atomic E-state index is 0. The molecule has 1 radical (unpaired) electrons. The number of para-hydroxylation sites is 2. The first-order valence-electron chi connectivity index (χ1n) is 22.6. The third-order valence-electron chi connectivity index (χ3n) is 10.4. The summed E-state index contributed by atoms with van der Waals surface area (Å²) in [6.45, 7) is 14.9. The molecule has 0 aliphatic heterocycles. The molecule has 4 aromatic heterocycles. The van der Waals surface area contributed by atoms with Crippen LogP contribution in [-0.4, -0.2) is 27.6 Å². The van der Waals surface area contributed by atoms with E-state index in [9.17, 15) is 0 Å². The molecule has 0 aliphatic rings. The second kappa shape index (κ2) is 17.3. The second-order valence-corrected chi connectivity index (χ2v) is 22.3. The number of furan rings is 1. The van der Waals surface area contributed by atoms with Crippen molar-refractivity contribution in [3.8, 4) is 39.5 Å². The largest absolute Gasteiger partial charge is 0.486 e. The van der Waals surface area contributed by atoms with Crippen LogP contribution in [0.5, 0.6) is 0 Å². The summed E-state index contributed by atoms with van der Waals surface area (Å²) in [7, 11) is -1.67. The standard InChI is InChI=1S/C35H28N3O.C18H24NSi.Ir/c1-22-17-19-26-25-13-10-14-27(32(25)39-34(26)36-22)33-37-29-15-8-9-16-31(29)38(33)30-20-18-24(35(2,3)4)21-28(30)23-11-6-5-7-12-23;1-14(2)11-16-12-17(15-9-7-6-8-10-15)19-13-18(16)20(3,4)5;/h5-13,15-21H,1-4H3;6-9,12-14H,11H2,1-5H3;/q2*-1;/i1D3;11D2;. The molecule has 5 aromatic carbocycles. The molecule has 0 atom stereocenters. The Hall–Kier alpha value is -5.46. The first-order chi connectivity index (χ1) is 30.2. The zero-order chi connectivity index (χ0) is 45.8. The van der Waals surface area contributed by atoms with Crippen LogP contribution in [0.2, 0.25) is 19.6 Å². The number of hydrogen-bond acceptors (Lipinski definition) is 4. The molecule has 0 aliphatic carbocycles. The number of hydrogen-bond donors (Lipinski definition) is 0. The van der Waals surface area contributed by atoms with Gasteiger partial charge in [-0.3, -0.25) is 4.98 Å². The van der Waals surface area contributed by atoms with Crippen LogP contribution in [0.15, 0.2) is 138 Å². The zero-order valence-electron chi connectivity index (χ0n) is 40.3. The van der Waals surface area contributed by atoms with Crippen LogP contribution < -0.4 is 5.19 Å². The molecule has 9 aromatic rings. The predicted molar refractivity (Wildman–Crippen MR) is 249 cm³/mol. The van der Waals surface area contributed by atoms with Gasteiger partial charge in [-0.1, -0.05) is 125 Å². The van der Waals surface area contributed by atoms with Crippen LogP contribution in [0.1, 0.15) is 58.3 Å². The fourth-order valence-electron chi connectivity index (χ4n) is 7.46. The summed E-state index contributed by atoms with van der Waals surface area (Å²) in [5.74, 6) is 0.593. The number of aromatic nitrogens is 4. The smallest absolute Gasteiger partial charge is 0.216 e. The Morgan fingerprint density at radius 3 is 2.30 bits per heavy atom. The Morgan fingerprint density at radius 1 is 0.817 bits per heavy atom. The van der Waals surface area contributed by atoms with Crippen molar-refractivity contribution in [2.75, 3.05) is 0 Å². The summed E-state index contributed by atoms with van der Waals surface area (Å²) in [6.07, 6.45) is 0.528. The molecule has 0 bridgehead atoms. The van der Waals surface area contributed by atoms with Crippen molar-refractivity contribution in [3.05, 3.63) is 163 Å². The Balaban J connectivity index is 0.000000233. The Kier molecular flexibility index (Phi) is 10.5. The predicted octanol–water partition coefficient (Wildman–Crippen LogP) is 13.3. The fraction of sp³-hybridized carbons (Fsp3) is 0.226. The number of fused-ring (bicyclic) bond motifs is 4. The third kappa shape index (κ3) is 8.71. The van der Waals surface area contributed by atoms with Gasteiger partial charge in [-0.25, -0.2) is 4.98 Å². The summed E-state index contributed by atoms with van der Waals surface area (Å²) in [5.41, 5.74) is 10.2. The molecule has 7 heteroatoms. The topological polar surface area (TPSA) is 56.7 Å². The number of benzene rings is 5. The molecule has 0 unspecified atom stereocenters. The van der Waals surface area contributed by atoms with E-state index in [4.69, 9.17) is 16.3 Å².